The highest BCUT2D eigenvalue weighted by molar-refractivity contribution is 4.73. The molecule has 0 bridgehead atoms. The number of piperazine rings is 1. The summed E-state index contributed by atoms with van der Waals surface area (Å²) in [5, 5.41) is 9.80. The predicted molar refractivity (Wildman–Crippen MR) is 67.3 cm³/mol. The summed E-state index contributed by atoms with van der Waals surface area (Å²) in [5.41, 5.74) is 0. The maximum absolute atomic E-state index is 9.80. The van der Waals surface area contributed by atoms with Crippen molar-refractivity contribution >= 4 is 0 Å². The lowest BCUT2D eigenvalue weighted by Gasteiger charge is -2.34. The maximum atomic E-state index is 9.80. The van der Waals surface area contributed by atoms with E-state index in [1.165, 1.54) is 0 Å². The molecular formula is C12H26N2O3. The molecule has 0 aromatic carbocycles. The Bertz CT molecular complexity index is 185. The molecule has 5 heteroatoms. The van der Waals surface area contributed by atoms with Crippen molar-refractivity contribution in [3.8, 4) is 0 Å². The molecule has 102 valence electrons. The van der Waals surface area contributed by atoms with Gasteiger partial charge in [0.05, 0.1) is 25.9 Å². The van der Waals surface area contributed by atoms with Crippen molar-refractivity contribution in [3.63, 3.8) is 0 Å². The fraction of sp³-hybridized carbons (Fsp3) is 1.00. The van der Waals surface area contributed by atoms with Gasteiger partial charge >= 0.3 is 0 Å². The first-order valence-electron chi connectivity index (χ1n) is 6.45. The van der Waals surface area contributed by atoms with Crippen LogP contribution >= 0.6 is 0 Å². The van der Waals surface area contributed by atoms with Gasteiger partial charge in [-0.1, -0.05) is 6.92 Å². The highest BCUT2D eigenvalue weighted by atomic mass is 16.5. The Hall–Kier alpha value is -0.200. The van der Waals surface area contributed by atoms with Crippen molar-refractivity contribution in [3.05, 3.63) is 0 Å². The van der Waals surface area contributed by atoms with Gasteiger partial charge in [-0.05, 0) is 6.54 Å². The summed E-state index contributed by atoms with van der Waals surface area (Å²) in [6, 6.07) is 0. The fourth-order valence-electron chi connectivity index (χ4n) is 2.00. The molecule has 0 amide bonds. The van der Waals surface area contributed by atoms with Gasteiger partial charge in [-0.3, -0.25) is 4.90 Å². The minimum atomic E-state index is -0.389. The van der Waals surface area contributed by atoms with Gasteiger partial charge in [-0.15, -0.1) is 0 Å². The van der Waals surface area contributed by atoms with Crippen LogP contribution in [0.3, 0.4) is 0 Å². The number of ether oxygens (including phenoxy) is 2. The van der Waals surface area contributed by atoms with Crippen molar-refractivity contribution < 1.29 is 14.6 Å². The van der Waals surface area contributed by atoms with Crippen LogP contribution in [0.2, 0.25) is 0 Å². The summed E-state index contributed by atoms with van der Waals surface area (Å²) in [6.07, 6.45) is -0.389. The molecule has 0 aromatic rings. The van der Waals surface area contributed by atoms with Gasteiger partial charge in [-0.2, -0.15) is 0 Å². The second-order valence-corrected chi connectivity index (χ2v) is 4.46. The van der Waals surface area contributed by atoms with E-state index in [2.05, 4.69) is 16.7 Å². The summed E-state index contributed by atoms with van der Waals surface area (Å²) in [7, 11) is 1.65. The first kappa shape index (κ1) is 14.9. The third-order valence-corrected chi connectivity index (χ3v) is 3.12. The van der Waals surface area contributed by atoms with Crippen molar-refractivity contribution in [2.45, 2.75) is 13.0 Å². The molecule has 17 heavy (non-hydrogen) atoms. The number of β-amino-alcohol motifs (C(OH)–C–C–N with tert-alkyl or cyclic N) is 1. The Morgan fingerprint density at radius 1 is 1.12 bits per heavy atom. The number of hydrogen-bond acceptors (Lipinski definition) is 5. The van der Waals surface area contributed by atoms with Gasteiger partial charge in [0.15, 0.2) is 0 Å². The van der Waals surface area contributed by atoms with E-state index in [4.69, 9.17) is 9.47 Å². The molecule has 5 nitrogen and oxygen atoms in total. The number of aliphatic hydroxyl groups is 1. The molecule has 1 rings (SSSR count). The average molecular weight is 246 g/mol. The van der Waals surface area contributed by atoms with Crippen molar-refractivity contribution in [2.24, 2.45) is 0 Å². The number of methoxy groups -OCH3 is 1. The Kier molecular flexibility index (Phi) is 7.72. The Balaban J connectivity index is 2.04. The molecule has 1 unspecified atom stereocenters. The van der Waals surface area contributed by atoms with Crippen LogP contribution in [0.5, 0.6) is 0 Å². The van der Waals surface area contributed by atoms with Crippen LogP contribution < -0.4 is 0 Å². The SMILES string of the molecule is CCN1CCN(CC(O)COCCOC)CC1. The van der Waals surface area contributed by atoms with E-state index in [0.717, 1.165) is 32.7 Å². The zero-order valence-electron chi connectivity index (χ0n) is 11.1. The third-order valence-electron chi connectivity index (χ3n) is 3.12. The molecule has 1 saturated heterocycles. The monoisotopic (exact) mass is 246 g/mol. The van der Waals surface area contributed by atoms with Gasteiger partial charge in [0.2, 0.25) is 0 Å². The van der Waals surface area contributed by atoms with Gasteiger partial charge in [0.1, 0.15) is 0 Å². The van der Waals surface area contributed by atoms with Crippen LogP contribution in [-0.4, -0.2) is 87.2 Å². The van der Waals surface area contributed by atoms with E-state index in [9.17, 15) is 5.11 Å². The normalized spacial score (nSPS) is 20.6. The average Bonchev–Trinajstić information content (AvgIpc) is 2.36. The Labute approximate surface area is 104 Å². The summed E-state index contributed by atoms with van der Waals surface area (Å²) in [5.74, 6) is 0. The summed E-state index contributed by atoms with van der Waals surface area (Å²) in [6.45, 7) is 9.86. The van der Waals surface area contributed by atoms with Crippen LogP contribution in [0.25, 0.3) is 0 Å². The second kappa shape index (κ2) is 8.83. The second-order valence-electron chi connectivity index (χ2n) is 4.46. The van der Waals surface area contributed by atoms with Gasteiger partial charge in [0, 0.05) is 39.8 Å². The van der Waals surface area contributed by atoms with Crippen molar-refractivity contribution in [1.29, 1.82) is 0 Å². The lowest BCUT2D eigenvalue weighted by molar-refractivity contribution is -0.00660. The third kappa shape index (κ3) is 6.33. The zero-order chi connectivity index (χ0) is 12.5. The molecular weight excluding hydrogens is 220 g/mol. The molecule has 0 radical (unpaired) electrons. The van der Waals surface area contributed by atoms with Crippen molar-refractivity contribution in [2.75, 3.05) is 66.2 Å². The number of rotatable bonds is 8. The fourth-order valence-corrected chi connectivity index (χ4v) is 2.00. The van der Waals surface area contributed by atoms with E-state index in [1.807, 2.05) is 0 Å². The van der Waals surface area contributed by atoms with Crippen LogP contribution in [0, 0.1) is 0 Å². The number of aliphatic hydroxyl groups excluding tert-OH is 1. The van der Waals surface area contributed by atoms with Gasteiger partial charge in [0.25, 0.3) is 0 Å². The van der Waals surface area contributed by atoms with Crippen LogP contribution in [-0.2, 0) is 9.47 Å². The number of hydrogen-bond donors (Lipinski definition) is 1. The van der Waals surface area contributed by atoms with Crippen molar-refractivity contribution in [1.82, 2.24) is 9.80 Å². The molecule has 1 heterocycles. The molecule has 1 atom stereocenters. The first-order chi connectivity index (χ1) is 8.26. The standard InChI is InChI=1S/C12H26N2O3/c1-3-13-4-6-14(7-5-13)10-12(15)11-17-9-8-16-2/h12,15H,3-11H2,1-2H3. The first-order valence-corrected chi connectivity index (χ1v) is 6.45. The largest absolute Gasteiger partial charge is 0.389 e. The lowest BCUT2D eigenvalue weighted by Crippen LogP contribution is -2.48. The summed E-state index contributed by atoms with van der Waals surface area (Å²) >= 11 is 0. The molecule has 1 N–H and O–H groups in total. The predicted octanol–water partition coefficient (Wildman–Crippen LogP) is -0.352. The van der Waals surface area contributed by atoms with Crippen LogP contribution in [0.1, 0.15) is 6.92 Å². The highest BCUT2D eigenvalue weighted by Gasteiger charge is 2.17. The Morgan fingerprint density at radius 2 is 1.76 bits per heavy atom. The molecule has 1 fully saturated rings. The lowest BCUT2D eigenvalue weighted by atomic mass is 10.2. The molecule has 0 spiro atoms. The topological polar surface area (TPSA) is 45.2 Å². The molecule has 0 saturated carbocycles. The van der Waals surface area contributed by atoms with Gasteiger partial charge < -0.3 is 19.5 Å². The maximum Gasteiger partial charge on any atom is 0.0900 e. The van der Waals surface area contributed by atoms with E-state index in [-0.39, 0.29) is 6.10 Å². The highest BCUT2D eigenvalue weighted by Crippen LogP contribution is 2.02. The minimum absolute atomic E-state index is 0.389. The van der Waals surface area contributed by atoms with E-state index in [1.54, 1.807) is 7.11 Å². The minimum Gasteiger partial charge on any atom is -0.389 e. The molecule has 0 aromatic heterocycles. The molecule has 1 aliphatic heterocycles. The number of nitrogens with zero attached hydrogens (tertiary/aromatic N) is 2. The molecule has 0 aliphatic carbocycles. The molecule has 1 aliphatic rings. The quantitative estimate of drug-likeness (QED) is 0.593. The van der Waals surface area contributed by atoms with Crippen LogP contribution in [0.15, 0.2) is 0 Å². The van der Waals surface area contributed by atoms with Gasteiger partial charge in [-0.25, -0.2) is 0 Å². The Morgan fingerprint density at radius 3 is 2.35 bits per heavy atom. The summed E-state index contributed by atoms with van der Waals surface area (Å²) < 4.78 is 10.2. The van der Waals surface area contributed by atoms with E-state index < -0.39 is 0 Å². The zero-order valence-corrected chi connectivity index (χ0v) is 11.1. The smallest absolute Gasteiger partial charge is 0.0900 e. The number of likely N-dealkylation sites (N-methyl/N-ethyl adjacent to an activating group) is 1. The van der Waals surface area contributed by atoms with E-state index >= 15 is 0 Å². The summed E-state index contributed by atoms with van der Waals surface area (Å²) in [4.78, 5) is 4.73. The van der Waals surface area contributed by atoms with E-state index in [0.29, 0.717) is 26.4 Å². The van der Waals surface area contributed by atoms with Crippen LogP contribution in [0.4, 0.5) is 0 Å².